The van der Waals surface area contributed by atoms with E-state index >= 15 is 0 Å². The van der Waals surface area contributed by atoms with Gasteiger partial charge in [0.2, 0.25) is 0 Å². The van der Waals surface area contributed by atoms with Gasteiger partial charge in [-0.1, -0.05) is 69.1 Å². The number of benzene rings is 2. The van der Waals surface area contributed by atoms with Gasteiger partial charge >= 0.3 is 0 Å². The zero-order chi connectivity index (χ0) is 23.6. The van der Waals surface area contributed by atoms with E-state index in [4.69, 9.17) is 23.2 Å². The highest BCUT2D eigenvalue weighted by Gasteiger charge is 2.18. The number of hydrogen-bond acceptors (Lipinski definition) is 6. The fraction of sp³-hybridized carbons (Fsp3) is 0.538. The molecule has 4 nitrogen and oxygen atoms in total. The van der Waals surface area contributed by atoms with Gasteiger partial charge in [0.05, 0.1) is 0 Å². The van der Waals surface area contributed by atoms with Gasteiger partial charge in [-0.05, 0) is 35.4 Å². The summed E-state index contributed by atoms with van der Waals surface area (Å²) in [6, 6.07) is 16.5. The van der Waals surface area contributed by atoms with Crippen molar-refractivity contribution >= 4 is 44.8 Å². The first kappa shape index (κ1) is 26.6. The normalized spacial score (nSPS) is 19.0. The molecule has 0 atom stereocenters. The standard InChI is InChI=1S/C26H36Cl2N4S2/c27-25-5-1-23(2-6-25)21-31-13-9-29(10-14-31)17-19-33-34-20-18-30-11-15-32(16-12-30)22-24-3-7-26(28)8-4-24/h1-8H,9-22H2. The summed E-state index contributed by atoms with van der Waals surface area (Å²) in [4.78, 5) is 10.3. The maximum Gasteiger partial charge on any atom is 0.0406 e. The molecule has 0 unspecified atom stereocenters. The van der Waals surface area contributed by atoms with Crippen LogP contribution in [0.5, 0.6) is 0 Å². The first-order valence-corrected chi connectivity index (χ1v) is 15.5. The molecule has 0 saturated carbocycles. The van der Waals surface area contributed by atoms with Crippen LogP contribution in [0.25, 0.3) is 0 Å². The van der Waals surface area contributed by atoms with Crippen molar-refractivity contribution in [1.29, 1.82) is 0 Å². The lowest BCUT2D eigenvalue weighted by Crippen LogP contribution is -2.46. The third-order valence-corrected chi connectivity index (χ3v) is 9.50. The summed E-state index contributed by atoms with van der Waals surface area (Å²) in [5.74, 6) is 2.44. The molecule has 2 aliphatic rings. The predicted molar refractivity (Wildman–Crippen MR) is 151 cm³/mol. The highest BCUT2D eigenvalue weighted by atomic mass is 35.5. The number of piperazine rings is 2. The number of rotatable bonds is 11. The first-order chi connectivity index (χ1) is 16.6. The van der Waals surface area contributed by atoms with E-state index in [1.54, 1.807) is 0 Å². The van der Waals surface area contributed by atoms with E-state index < -0.39 is 0 Å². The molecule has 2 heterocycles. The van der Waals surface area contributed by atoms with Crippen molar-refractivity contribution in [2.75, 3.05) is 77.0 Å². The van der Waals surface area contributed by atoms with Crippen LogP contribution in [0.3, 0.4) is 0 Å². The lowest BCUT2D eigenvalue weighted by Gasteiger charge is -2.35. The van der Waals surface area contributed by atoms with Gasteiger partial charge in [-0.2, -0.15) is 0 Å². The fourth-order valence-corrected chi connectivity index (χ4v) is 6.80. The van der Waals surface area contributed by atoms with E-state index in [1.165, 1.54) is 61.9 Å². The molecule has 2 saturated heterocycles. The Labute approximate surface area is 223 Å². The molecule has 2 fully saturated rings. The van der Waals surface area contributed by atoms with Crippen molar-refractivity contribution in [1.82, 2.24) is 19.6 Å². The molecule has 0 spiro atoms. The molecule has 186 valence electrons. The van der Waals surface area contributed by atoms with E-state index in [0.717, 1.165) is 49.3 Å². The zero-order valence-corrected chi connectivity index (χ0v) is 23.0. The van der Waals surface area contributed by atoms with Crippen molar-refractivity contribution in [2.45, 2.75) is 13.1 Å². The second kappa shape index (κ2) is 14.3. The molecular formula is C26H36Cl2N4S2. The largest absolute Gasteiger partial charge is 0.300 e. The highest BCUT2D eigenvalue weighted by Crippen LogP contribution is 2.22. The molecule has 0 aliphatic carbocycles. The van der Waals surface area contributed by atoms with Gasteiger partial charge in [-0.3, -0.25) is 19.6 Å². The monoisotopic (exact) mass is 538 g/mol. The summed E-state index contributed by atoms with van der Waals surface area (Å²) in [7, 11) is 4.09. The van der Waals surface area contributed by atoms with E-state index in [0.29, 0.717) is 0 Å². The van der Waals surface area contributed by atoms with Gasteiger partial charge in [-0.15, -0.1) is 0 Å². The van der Waals surface area contributed by atoms with Gasteiger partial charge in [0.25, 0.3) is 0 Å². The SMILES string of the molecule is Clc1ccc(CN2CCN(CCSSCCN3CCN(Cc4ccc(Cl)cc4)CC3)CC2)cc1. The van der Waals surface area contributed by atoms with Crippen LogP contribution in [-0.4, -0.2) is 96.6 Å². The third-order valence-electron chi connectivity index (χ3n) is 6.63. The average molecular weight is 540 g/mol. The Kier molecular flexibility index (Phi) is 11.2. The van der Waals surface area contributed by atoms with Crippen LogP contribution in [0, 0.1) is 0 Å². The molecule has 2 aromatic rings. The van der Waals surface area contributed by atoms with Gasteiger partial charge in [0.15, 0.2) is 0 Å². The minimum Gasteiger partial charge on any atom is -0.300 e. The lowest BCUT2D eigenvalue weighted by atomic mass is 10.2. The number of hydrogen-bond donors (Lipinski definition) is 0. The van der Waals surface area contributed by atoms with Crippen LogP contribution in [0.1, 0.15) is 11.1 Å². The second-order valence-corrected chi connectivity index (χ2v) is 12.7. The molecule has 2 aliphatic heterocycles. The molecule has 0 bridgehead atoms. The summed E-state index contributed by atoms with van der Waals surface area (Å²) in [6.07, 6.45) is 0. The van der Waals surface area contributed by atoms with Crippen molar-refractivity contribution in [3.63, 3.8) is 0 Å². The van der Waals surface area contributed by atoms with E-state index in [2.05, 4.69) is 43.9 Å². The van der Waals surface area contributed by atoms with Crippen LogP contribution in [-0.2, 0) is 13.1 Å². The number of halogens is 2. The predicted octanol–water partition coefficient (Wildman–Crippen LogP) is 5.31. The van der Waals surface area contributed by atoms with Gasteiger partial charge < -0.3 is 0 Å². The summed E-state index contributed by atoms with van der Waals surface area (Å²) < 4.78 is 0. The summed E-state index contributed by atoms with van der Waals surface area (Å²) in [6.45, 7) is 13.8. The van der Waals surface area contributed by atoms with Gasteiger partial charge in [0.1, 0.15) is 0 Å². The van der Waals surface area contributed by atoms with E-state index in [1.807, 2.05) is 45.9 Å². The summed E-state index contributed by atoms with van der Waals surface area (Å²) in [5.41, 5.74) is 2.71. The van der Waals surface area contributed by atoms with Gasteiger partial charge in [0, 0.05) is 100 Å². The second-order valence-electron chi connectivity index (χ2n) is 9.13. The Balaban J connectivity index is 0.995. The van der Waals surface area contributed by atoms with E-state index in [9.17, 15) is 0 Å². The maximum atomic E-state index is 6.00. The lowest BCUT2D eigenvalue weighted by molar-refractivity contribution is 0.132. The zero-order valence-electron chi connectivity index (χ0n) is 19.9. The Hall–Kier alpha value is -0.440. The molecule has 0 aromatic heterocycles. The minimum atomic E-state index is 0.816. The van der Waals surface area contributed by atoms with Crippen LogP contribution < -0.4 is 0 Å². The molecule has 4 rings (SSSR count). The van der Waals surface area contributed by atoms with Crippen LogP contribution >= 0.6 is 44.8 Å². The van der Waals surface area contributed by atoms with Crippen LogP contribution in [0.4, 0.5) is 0 Å². The van der Waals surface area contributed by atoms with Crippen molar-refractivity contribution in [3.05, 3.63) is 69.7 Å². The van der Waals surface area contributed by atoms with Gasteiger partial charge in [-0.25, -0.2) is 0 Å². The maximum absolute atomic E-state index is 6.00. The summed E-state index contributed by atoms with van der Waals surface area (Å²) in [5, 5.41) is 1.63. The van der Waals surface area contributed by atoms with Crippen molar-refractivity contribution in [3.8, 4) is 0 Å². The molecular weight excluding hydrogens is 503 g/mol. The smallest absolute Gasteiger partial charge is 0.0406 e. The molecule has 0 amide bonds. The molecule has 2 aromatic carbocycles. The minimum absolute atomic E-state index is 0.816. The Morgan fingerprint density at radius 1 is 0.500 bits per heavy atom. The Morgan fingerprint density at radius 3 is 1.18 bits per heavy atom. The van der Waals surface area contributed by atoms with Crippen LogP contribution in [0.2, 0.25) is 10.0 Å². The average Bonchev–Trinajstić information content (AvgIpc) is 2.86. The molecule has 8 heteroatoms. The Bertz CT molecular complexity index is 765. The highest BCUT2D eigenvalue weighted by molar-refractivity contribution is 8.76. The third kappa shape index (κ3) is 9.21. The molecule has 0 radical (unpaired) electrons. The first-order valence-electron chi connectivity index (χ1n) is 12.3. The number of nitrogens with zero attached hydrogens (tertiary/aromatic N) is 4. The quantitative estimate of drug-likeness (QED) is 0.282. The fourth-order valence-electron chi connectivity index (χ4n) is 4.49. The van der Waals surface area contributed by atoms with Crippen LogP contribution in [0.15, 0.2) is 48.5 Å². The van der Waals surface area contributed by atoms with Crippen molar-refractivity contribution < 1.29 is 0 Å². The molecule has 0 N–H and O–H groups in total. The van der Waals surface area contributed by atoms with E-state index in [-0.39, 0.29) is 0 Å². The Morgan fingerprint density at radius 2 is 0.824 bits per heavy atom. The summed E-state index contributed by atoms with van der Waals surface area (Å²) >= 11 is 12.0. The molecule has 34 heavy (non-hydrogen) atoms. The van der Waals surface area contributed by atoms with Crippen molar-refractivity contribution in [2.24, 2.45) is 0 Å². The topological polar surface area (TPSA) is 13.0 Å².